The van der Waals surface area contributed by atoms with Crippen molar-refractivity contribution in [1.82, 2.24) is 0 Å². The van der Waals surface area contributed by atoms with E-state index in [-0.39, 0.29) is 5.78 Å². The lowest BCUT2D eigenvalue weighted by molar-refractivity contribution is 0.0991. The van der Waals surface area contributed by atoms with Gasteiger partial charge in [0.05, 0.1) is 0 Å². The van der Waals surface area contributed by atoms with Gasteiger partial charge in [-0.05, 0) is 45.1 Å². The molecule has 17 heavy (non-hydrogen) atoms. The average Bonchev–Trinajstić information content (AvgIpc) is 2.30. The van der Waals surface area contributed by atoms with Crippen molar-refractivity contribution in [2.24, 2.45) is 0 Å². The molecule has 0 N–H and O–H groups in total. The van der Waals surface area contributed by atoms with Gasteiger partial charge in [-0.1, -0.05) is 35.4 Å². The molecule has 2 rings (SSSR count). The van der Waals surface area contributed by atoms with E-state index in [1.165, 1.54) is 24.0 Å². The normalized spacial score (nSPS) is 15.5. The molecule has 0 bridgehead atoms. The third-order valence-corrected chi connectivity index (χ3v) is 3.45. The molecule has 0 aromatic heterocycles. The minimum Gasteiger partial charge on any atom is -0.294 e. The van der Waals surface area contributed by atoms with Gasteiger partial charge >= 0.3 is 0 Å². The number of hydrogen-bond donors (Lipinski definition) is 0. The van der Waals surface area contributed by atoms with E-state index in [4.69, 9.17) is 0 Å². The summed E-state index contributed by atoms with van der Waals surface area (Å²) in [6.07, 6.45) is 7.65. The van der Waals surface area contributed by atoms with E-state index >= 15 is 0 Å². The monoisotopic (exact) mass is 228 g/mol. The van der Waals surface area contributed by atoms with Gasteiger partial charge in [0.2, 0.25) is 0 Å². The number of carbonyl (C=O) groups is 1. The number of hydrogen-bond acceptors (Lipinski definition) is 1. The molecule has 1 aromatic carbocycles. The first kappa shape index (κ1) is 12.1. The smallest absolute Gasteiger partial charge is 0.167 e. The molecule has 0 saturated carbocycles. The van der Waals surface area contributed by atoms with Crippen LogP contribution in [0.1, 0.15) is 53.6 Å². The maximum atomic E-state index is 12.2. The van der Waals surface area contributed by atoms with Gasteiger partial charge in [-0.2, -0.15) is 0 Å². The lowest BCUT2D eigenvalue weighted by Gasteiger charge is -2.12. The van der Waals surface area contributed by atoms with Gasteiger partial charge in [-0.15, -0.1) is 0 Å². The average molecular weight is 228 g/mol. The lowest BCUT2D eigenvalue weighted by atomic mass is 9.92. The Labute approximate surface area is 104 Å². The van der Waals surface area contributed by atoms with Crippen molar-refractivity contribution < 1.29 is 4.79 Å². The van der Waals surface area contributed by atoms with Crippen LogP contribution in [0.2, 0.25) is 0 Å². The van der Waals surface area contributed by atoms with Crippen LogP contribution in [0.15, 0.2) is 29.8 Å². The van der Waals surface area contributed by atoms with Crippen LogP contribution < -0.4 is 0 Å². The summed E-state index contributed by atoms with van der Waals surface area (Å²) in [7, 11) is 0. The second kappa shape index (κ2) is 5.31. The van der Waals surface area contributed by atoms with E-state index in [0.717, 1.165) is 24.0 Å². The molecule has 0 unspecified atom stereocenters. The summed E-state index contributed by atoms with van der Waals surface area (Å²) in [5.74, 6) is 0.274. The fourth-order valence-electron chi connectivity index (χ4n) is 2.49. The van der Waals surface area contributed by atoms with Gasteiger partial charge in [0.25, 0.3) is 0 Å². The first-order valence-electron chi connectivity index (χ1n) is 6.45. The Hall–Kier alpha value is -1.37. The van der Waals surface area contributed by atoms with E-state index in [0.29, 0.717) is 6.42 Å². The summed E-state index contributed by atoms with van der Waals surface area (Å²) in [6.45, 7) is 4.08. The maximum absolute atomic E-state index is 12.2. The van der Waals surface area contributed by atoms with E-state index < -0.39 is 0 Å². The number of rotatable bonds is 3. The molecule has 0 spiro atoms. The molecule has 1 nitrogen and oxygen atoms in total. The van der Waals surface area contributed by atoms with Gasteiger partial charge in [0, 0.05) is 12.0 Å². The molecule has 1 aromatic rings. The maximum Gasteiger partial charge on any atom is 0.167 e. The topological polar surface area (TPSA) is 17.1 Å². The predicted octanol–water partition coefficient (Wildman–Crippen LogP) is 4.38. The van der Waals surface area contributed by atoms with Crippen molar-refractivity contribution in [3.63, 3.8) is 0 Å². The van der Waals surface area contributed by atoms with Crippen molar-refractivity contribution in [2.75, 3.05) is 0 Å². The molecule has 90 valence electrons. The highest BCUT2D eigenvalue weighted by atomic mass is 16.1. The van der Waals surface area contributed by atoms with Crippen LogP contribution in [0.4, 0.5) is 0 Å². The summed E-state index contributed by atoms with van der Waals surface area (Å²) in [5.41, 5.74) is 4.55. The van der Waals surface area contributed by atoms with Crippen molar-refractivity contribution in [3.8, 4) is 0 Å². The van der Waals surface area contributed by atoms with Gasteiger partial charge < -0.3 is 0 Å². The fraction of sp³-hybridized carbons (Fsp3) is 0.438. The molecular formula is C16H20O. The molecular weight excluding hydrogens is 208 g/mol. The van der Waals surface area contributed by atoms with Crippen LogP contribution in [-0.4, -0.2) is 5.78 Å². The van der Waals surface area contributed by atoms with Crippen LogP contribution in [0.25, 0.3) is 0 Å². The zero-order valence-electron chi connectivity index (χ0n) is 10.8. The molecule has 0 atom stereocenters. The highest BCUT2D eigenvalue weighted by Gasteiger charge is 2.12. The minimum absolute atomic E-state index is 0.274. The Morgan fingerprint density at radius 2 is 2.06 bits per heavy atom. The van der Waals surface area contributed by atoms with E-state index in [1.807, 2.05) is 19.1 Å². The number of benzene rings is 1. The number of ketones is 1. The zero-order valence-corrected chi connectivity index (χ0v) is 10.8. The van der Waals surface area contributed by atoms with Crippen LogP contribution in [0.3, 0.4) is 0 Å². The quantitative estimate of drug-likeness (QED) is 0.554. The van der Waals surface area contributed by atoms with Crippen molar-refractivity contribution in [3.05, 3.63) is 46.5 Å². The van der Waals surface area contributed by atoms with E-state index in [1.54, 1.807) is 0 Å². The molecule has 0 heterocycles. The SMILES string of the molecule is Cc1ccc(C(=O)CC2=CCCCC2)c(C)c1. The highest BCUT2D eigenvalue weighted by molar-refractivity contribution is 5.98. The molecule has 0 radical (unpaired) electrons. The second-order valence-corrected chi connectivity index (χ2v) is 5.03. The number of carbonyl (C=O) groups excluding carboxylic acids is 1. The zero-order chi connectivity index (χ0) is 12.3. The highest BCUT2D eigenvalue weighted by Crippen LogP contribution is 2.23. The Morgan fingerprint density at radius 1 is 1.24 bits per heavy atom. The first-order chi connectivity index (χ1) is 8.16. The van der Waals surface area contributed by atoms with Gasteiger partial charge in [0.15, 0.2) is 5.78 Å². The minimum atomic E-state index is 0.274. The van der Waals surface area contributed by atoms with E-state index in [9.17, 15) is 4.79 Å². The van der Waals surface area contributed by atoms with Crippen molar-refractivity contribution >= 4 is 5.78 Å². The molecule has 1 aliphatic carbocycles. The Kier molecular flexibility index (Phi) is 3.78. The number of allylic oxidation sites excluding steroid dienone is 2. The summed E-state index contributed by atoms with van der Waals surface area (Å²) in [6, 6.07) is 6.08. The third kappa shape index (κ3) is 3.06. The second-order valence-electron chi connectivity index (χ2n) is 5.03. The van der Waals surface area contributed by atoms with Gasteiger partial charge in [-0.25, -0.2) is 0 Å². The molecule has 0 saturated heterocycles. The summed E-state index contributed by atoms with van der Waals surface area (Å²) in [4.78, 5) is 12.2. The first-order valence-corrected chi connectivity index (χ1v) is 6.45. The Morgan fingerprint density at radius 3 is 2.71 bits per heavy atom. The summed E-state index contributed by atoms with van der Waals surface area (Å²) in [5, 5.41) is 0. The predicted molar refractivity (Wildman–Crippen MR) is 71.4 cm³/mol. The Bertz CT molecular complexity index is 455. The standard InChI is InChI=1S/C16H20O/c1-12-8-9-15(13(2)10-12)16(17)11-14-6-4-3-5-7-14/h6,8-10H,3-5,7,11H2,1-2H3. The Balaban J connectivity index is 2.11. The van der Waals surface area contributed by atoms with E-state index in [2.05, 4.69) is 19.1 Å². The van der Waals surface area contributed by atoms with Crippen molar-refractivity contribution in [1.29, 1.82) is 0 Å². The van der Waals surface area contributed by atoms with Crippen LogP contribution in [0.5, 0.6) is 0 Å². The molecule has 0 fully saturated rings. The molecule has 0 aliphatic heterocycles. The fourth-order valence-corrected chi connectivity index (χ4v) is 2.49. The summed E-state index contributed by atoms with van der Waals surface area (Å²) < 4.78 is 0. The number of Topliss-reactive ketones (excluding diaryl/α,β-unsaturated/α-hetero) is 1. The van der Waals surface area contributed by atoms with Crippen molar-refractivity contribution in [2.45, 2.75) is 46.0 Å². The largest absolute Gasteiger partial charge is 0.294 e. The van der Waals surface area contributed by atoms with Gasteiger partial charge in [-0.3, -0.25) is 4.79 Å². The van der Waals surface area contributed by atoms with Crippen LogP contribution >= 0.6 is 0 Å². The lowest BCUT2D eigenvalue weighted by Crippen LogP contribution is -2.05. The van der Waals surface area contributed by atoms with Crippen LogP contribution in [0, 0.1) is 13.8 Å². The molecule has 1 heteroatoms. The third-order valence-electron chi connectivity index (χ3n) is 3.45. The molecule has 1 aliphatic rings. The summed E-state index contributed by atoms with van der Waals surface area (Å²) >= 11 is 0. The molecule has 0 amide bonds. The number of aryl methyl sites for hydroxylation is 2. The van der Waals surface area contributed by atoms with Gasteiger partial charge in [0.1, 0.15) is 0 Å². The van der Waals surface area contributed by atoms with Crippen LogP contribution in [-0.2, 0) is 0 Å².